The summed E-state index contributed by atoms with van der Waals surface area (Å²) in [6, 6.07) is 16.9. The van der Waals surface area contributed by atoms with Crippen molar-refractivity contribution < 1.29 is 9.53 Å². The van der Waals surface area contributed by atoms with Crippen molar-refractivity contribution in [3.05, 3.63) is 59.7 Å². The molecule has 164 valence electrons. The van der Waals surface area contributed by atoms with Crippen LogP contribution in [0, 0.1) is 6.92 Å². The van der Waals surface area contributed by atoms with Crippen LogP contribution in [0.2, 0.25) is 0 Å². The summed E-state index contributed by atoms with van der Waals surface area (Å²) in [7, 11) is 0. The quantitative estimate of drug-likeness (QED) is 0.608. The molecule has 1 amide bonds. The number of amides is 1. The van der Waals surface area contributed by atoms with Gasteiger partial charge in [0.25, 0.3) is 0 Å². The topological polar surface area (TPSA) is 50.6 Å². The van der Waals surface area contributed by atoms with Gasteiger partial charge >= 0.3 is 6.09 Å². The minimum absolute atomic E-state index is 0.133. The van der Waals surface area contributed by atoms with Gasteiger partial charge in [-0.25, -0.2) is 9.78 Å². The van der Waals surface area contributed by atoms with Crippen LogP contribution in [-0.4, -0.2) is 51.8 Å². The normalized spacial score (nSPS) is 17.3. The number of benzene rings is 2. The van der Waals surface area contributed by atoms with Crippen LogP contribution in [0.3, 0.4) is 0 Å². The maximum absolute atomic E-state index is 12.6. The van der Waals surface area contributed by atoms with E-state index in [2.05, 4.69) is 65.8 Å². The van der Waals surface area contributed by atoms with Crippen LogP contribution in [0.25, 0.3) is 11.0 Å². The largest absolute Gasteiger partial charge is 0.444 e. The van der Waals surface area contributed by atoms with Crippen molar-refractivity contribution in [3.8, 4) is 0 Å². The first kappa shape index (κ1) is 21.2. The van der Waals surface area contributed by atoms with E-state index >= 15 is 0 Å². The van der Waals surface area contributed by atoms with E-state index in [0.717, 1.165) is 30.1 Å². The Labute approximate surface area is 184 Å². The van der Waals surface area contributed by atoms with E-state index in [4.69, 9.17) is 9.72 Å². The van der Waals surface area contributed by atoms with Gasteiger partial charge in [0.15, 0.2) is 0 Å². The number of nitrogens with zero attached hydrogens (tertiary/aromatic N) is 4. The molecule has 2 aromatic carbocycles. The number of imidazole rings is 1. The lowest BCUT2D eigenvalue weighted by atomic mass is 10.1. The number of rotatable bonds is 3. The second-order valence-corrected chi connectivity index (χ2v) is 9.38. The Kier molecular flexibility index (Phi) is 5.65. The number of ether oxygens (including phenoxy) is 1. The SMILES string of the molecule is Cc1ccccc1Cn1c(N2CCN(C(=O)OC(C)(C)C)C[C@H]2C)nc2ccccc21. The molecule has 1 saturated heterocycles. The number of hydrogen-bond donors (Lipinski definition) is 0. The molecule has 0 radical (unpaired) electrons. The lowest BCUT2D eigenvalue weighted by molar-refractivity contribution is 0.0218. The van der Waals surface area contributed by atoms with Crippen molar-refractivity contribution in [3.63, 3.8) is 0 Å². The third-order valence-corrected chi connectivity index (χ3v) is 5.76. The van der Waals surface area contributed by atoms with Crippen LogP contribution in [0.4, 0.5) is 10.7 Å². The van der Waals surface area contributed by atoms with Crippen molar-refractivity contribution in [2.24, 2.45) is 0 Å². The summed E-state index contributed by atoms with van der Waals surface area (Å²) in [5.41, 5.74) is 4.19. The zero-order chi connectivity index (χ0) is 22.2. The van der Waals surface area contributed by atoms with Gasteiger partial charge in [-0.1, -0.05) is 36.4 Å². The predicted molar refractivity (Wildman–Crippen MR) is 125 cm³/mol. The van der Waals surface area contributed by atoms with Crippen molar-refractivity contribution in [2.75, 3.05) is 24.5 Å². The molecule has 0 N–H and O–H groups in total. The highest BCUT2D eigenvalue weighted by Gasteiger charge is 2.32. The first-order chi connectivity index (χ1) is 14.7. The van der Waals surface area contributed by atoms with E-state index in [9.17, 15) is 4.79 Å². The molecule has 0 aliphatic carbocycles. The summed E-state index contributed by atoms with van der Waals surface area (Å²) in [5, 5.41) is 0. The van der Waals surface area contributed by atoms with E-state index in [0.29, 0.717) is 13.1 Å². The number of piperazine rings is 1. The standard InChI is InChI=1S/C25H32N4O2/c1-18-10-6-7-11-20(18)17-29-22-13-9-8-12-21(22)26-23(29)28-15-14-27(16-19(28)2)24(30)31-25(3,4)5/h6-13,19H,14-17H2,1-5H3/t19-/m1/s1. The zero-order valence-corrected chi connectivity index (χ0v) is 19.1. The fourth-order valence-electron chi connectivity index (χ4n) is 4.14. The van der Waals surface area contributed by atoms with Gasteiger partial charge in [0.2, 0.25) is 5.95 Å². The molecular formula is C25H32N4O2. The highest BCUT2D eigenvalue weighted by atomic mass is 16.6. The smallest absolute Gasteiger partial charge is 0.410 e. The maximum atomic E-state index is 12.6. The minimum Gasteiger partial charge on any atom is -0.444 e. The Hall–Kier alpha value is -3.02. The number of anilines is 1. The summed E-state index contributed by atoms with van der Waals surface area (Å²) in [6.07, 6.45) is -0.243. The molecule has 1 atom stereocenters. The van der Waals surface area contributed by atoms with Crippen LogP contribution in [-0.2, 0) is 11.3 Å². The summed E-state index contributed by atoms with van der Waals surface area (Å²) >= 11 is 0. The van der Waals surface area contributed by atoms with Gasteiger partial charge in [0.05, 0.1) is 17.6 Å². The van der Waals surface area contributed by atoms with Gasteiger partial charge in [-0.3, -0.25) is 0 Å². The van der Waals surface area contributed by atoms with Crippen LogP contribution in [0.15, 0.2) is 48.5 Å². The predicted octanol–water partition coefficient (Wildman–Crippen LogP) is 4.84. The molecule has 1 aromatic heterocycles. The summed E-state index contributed by atoms with van der Waals surface area (Å²) in [4.78, 5) is 21.7. The average Bonchev–Trinajstić information content (AvgIpc) is 3.06. The molecule has 0 saturated carbocycles. The van der Waals surface area contributed by atoms with Crippen molar-refractivity contribution >= 4 is 23.1 Å². The number of fused-ring (bicyclic) bond motifs is 1. The summed E-state index contributed by atoms with van der Waals surface area (Å²) < 4.78 is 7.88. The molecule has 1 aliphatic heterocycles. The molecule has 0 spiro atoms. The van der Waals surface area contributed by atoms with E-state index in [1.807, 2.05) is 26.8 Å². The second kappa shape index (κ2) is 8.25. The number of para-hydroxylation sites is 2. The molecule has 31 heavy (non-hydrogen) atoms. The lowest BCUT2D eigenvalue weighted by Gasteiger charge is -2.40. The van der Waals surface area contributed by atoms with Crippen molar-refractivity contribution in [1.82, 2.24) is 14.5 Å². The lowest BCUT2D eigenvalue weighted by Crippen LogP contribution is -2.55. The molecule has 6 heteroatoms. The molecule has 4 rings (SSSR count). The fourth-order valence-corrected chi connectivity index (χ4v) is 4.14. The van der Waals surface area contributed by atoms with Gasteiger partial charge in [-0.05, 0) is 57.9 Å². The molecule has 3 aromatic rings. The summed E-state index contributed by atoms with van der Waals surface area (Å²) in [5.74, 6) is 0.959. The Balaban J connectivity index is 1.63. The first-order valence-corrected chi connectivity index (χ1v) is 11.0. The molecule has 2 heterocycles. The van der Waals surface area contributed by atoms with Gasteiger partial charge in [0, 0.05) is 25.7 Å². The Morgan fingerprint density at radius 3 is 2.52 bits per heavy atom. The van der Waals surface area contributed by atoms with E-state index in [1.165, 1.54) is 11.1 Å². The van der Waals surface area contributed by atoms with Gasteiger partial charge < -0.3 is 19.1 Å². The van der Waals surface area contributed by atoms with Gasteiger partial charge in [0.1, 0.15) is 5.60 Å². The van der Waals surface area contributed by atoms with E-state index < -0.39 is 5.60 Å². The molecule has 6 nitrogen and oxygen atoms in total. The fraction of sp³-hybridized carbons (Fsp3) is 0.440. The number of hydrogen-bond acceptors (Lipinski definition) is 4. The number of carbonyl (C=O) groups excluding carboxylic acids is 1. The number of carbonyl (C=O) groups is 1. The monoisotopic (exact) mass is 420 g/mol. The van der Waals surface area contributed by atoms with Crippen LogP contribution >= 0.6 is 0 Å². The Morgan fingerprint density at radius 1 is 1.10 bits per heavy atom. The highest BCUT2D eigenvalue weighted by molar-refractivity contribution is 5.79. The van der Waals surface area contributed by atoms with E-state index in [1.54, 1.807) is 4.90 Å². The van der Waals surface area contributed by atoms with Crippen LogP contribution in [0.1, 0.15) is 38.8 Å². The molecular weight excluding hydrogens is 388 g/mol. The maximum Gasteiger partial charge on any atom is 0.410 e. The van der Waals surface area contributed by atoms with Crippen LogP contribution < -0.4 is 4.90 Å². The van der Waals surface area contributed by atoms with Crippen molar-refractivity contribution in [2.45, 2.75) is 52.8 Å². The van der Waals surface area contributed by atoms with Crippen molar-refractivity contribution in [1.29, 1.82) is 0 Å². The first-order valence-electron chi connectivity index (χ1n) is 11.0. The van der Waals surface area contributed by atoms with Gasteiger partial charge in [-0.2, -0.15) is 0 Å². The number of aryl methyl sites for hydroxylation is 1. The third-order valence-electron chi connectivity index (χ3n) is 5.76. The van der Waals surface area contributed by atoms with Crippen LogP contribution in [0.5, 0.6) is 0 Å². The molecule has 0 bridgehead atoms. The zero-order valence-electron chi connectivity index (χ0n) is 19.1. The Bertz CT molecular complexity index is 1080. The Morgan fingerprint density at radius 2 is 1.81 bits per heavy atom. The van der Waals surface area contributed by atoms with Gasteiger partial charge in [-0.15, -0.1) is 0 Å². The second-order valence-electron chi connectivity index (χ2n) is 9.38. The van der Waals surface area contributed by atoms with E-state index in [-0.39, 0.29) is 12.1 Å². The molecule has 1 aliphatic rings. The highest BCUT2D eigenvalue weighted by Crippen LogP contribution is 2.28. The molecule has 1 fully saturated rings. The minimum atomic E-state index is -0.487. The third kappa shape index (κ3) is 4.53. The number of aromatic nitrogens is 2. The summed E-state index contributed by atoms with van der Waals surface area (Å²) in [6.45, 7) is 12.7. The molecule has 0 unspecified atom stereocenters. The average molecular weight is 421 g/mol.